The zero-order valence-corrected chi connectivity index (χ0v) is 13.9. The lowest BCUT2D eigenvalue weighted by Crippen LogP contribution is -2.45. The predicted octanol–water partition coefficient (Wildman–Crippen LogP) is 2.35. The number of carbonyl (C=O) groups is 2. The molecule has 1 saturated heterocycles. The molecule has 128 valence electrons. The average molecular weight is 330 g/mol. The first-order valence-corrected chi connectivity index (χ1v) is 8.18. The Balaban J connectivity index is 1.80. The van der Waals surface area contributed by atoms with E-state index in [4.69, 9.17) is 9.47 Å². The molecule has 2 N–H and O–H groups in total. The van der Waals surface area contributed by atoms with Crippen LogP contribution in [0.1, 0.15) is 36.9 Å². The van der Waals surface area contributed by atoms with Crippen molar-refractivity contribution in [1.82, 2.24) is 10.6 Å². The van der Waals surface area contributed by atoms with Crippen LogP contribution in [0.15, 0.2) is 35.5 Å². The summed E-state index contributed by atoms with van der Waals surface area (Å²) in [5.41, 5.74) is 2.90. The van der Waals surface area contributed by atoms with Gasteiger partial charge in [0, 0.05) is 12.3 Å². The van der Waals surface area contributed by atoms with Crippen molar-refractivity contribution in [1.29, 1.82) is 0 Å². The molecule has 0 radical (unpaired) electrons. The number of hydrogen-bond donors (Lipinski definition) is 2. The van der Waals surface area contributed by atoms with Gasteiger partial charge in [0.15, 0.2) is 0 Å². The van der Waals surface area contributed by atoms with Crippen molar-refractivity contribution in [2.75, 3.05) is 13.2 Å². The Bertz CT molecular complexity index is 660. The SMILES string of the molecule is CC1=C(C(=O)OC[C@@H]2CCCO2)[C@@H](c2ccc(C)cc2)NC(=O)N1. The first kappa shape index (κ1) is 16.5. The fourth-order valence-electron chi connectivity index (χ4n) is 3.00. The number of nitrogens with one attached hydrogen (secondary N) is 2. The summed E-state index contributed by atoms with van der Waals surface area (Å²) in [4.78, 5) is 24.4. The quantitative estimate of drug-likeness (QED) is 0.831. The highest BCUT2D eigenvalue weighted by Gasteiger charge is 2.32. The summed E-state index contributed by atoms with van der Waals surface area (Å²) in [5, 5.41) is 5.45. The molecule has 3 rings (SSSR count). The zero-order valence-electron chi connectivity index (χ0n) is 13.9. The highest BCUT2D eigenvalue weighted by molar-refractivity contribution is 5.95. The van der Waals surface area contributed by atoms with E-state index >= 15 is 0 Å². The van der Waals surface area contributed by atoms with E-state index in [2.05, 4.69) is 10.6 Å². The maximum absolute atomic E-state index is 12.6. The first-order chi connectivity index (χ1) is 11.5. The van der Waals surface area contributed by atoms with E-state index in [0.717, 1.165) is 24.0 Å². The van der Waals surface area contributed by atoms with Crippen molar-refractivity contribution in [3.05, 3.63) is 46.7 Å². The van der Waals surface area contributed by atoms with Crippen molar-refractivity contribution in [2.24, 2.45) is 0 Å². The van der Waals surface area contributed by atoms with Crippen LogP contribution in [0.25, 0.3) is 0 Å². The number of esters is 1. The Hall–Kier alpha value is -2.34. The van der Waals surface area contributed by atoms with E-state index in [-0.39, 0.29) is 18.7 Å². The largest absolute Gasteiger partial charge is 0.459 e. The van der Waals surface area contributed by atoms with Crippen molar-refractivity contribution < 1.29 is 19.1 Å². The molecule has 1 fully saturated rings. The molecule has 1 aromatic rings. The highest BCUT2D eigenvalue weighted by atomic mass is 16.6. The van der Waals surface area contributed by atoms with Gasteiger partial charge in [-0.15, -0.1) is 0 Å². The average Bonchev–Trinajstić information content (AvgIpc) is 3.06. The number of ether oxygens (including phenoxy) is 2. The lowest BCUT2D eigenvalue weighted by Gasteiger charge is -2.28. The summed E-state index contributed by atoms with van der Waals surface area (Å²) in [6, 6.07) is 6.88. The van der Waals surface area contributed by atoms with Crippen molar-refractivity contribution in [3.8, 4) is 0 Å². The molecule has 2 atom stereocenters. The molecule has 24 heavy (non-hydrogen) atoms. The van der Waals surface area contributed by atoms with Crippen LogP contribution < -0.4 is 10.6 Å². The number of benzene rings is 1. The van der Waals surface area contributed by atoms with E-state index in [1.165, 1.54) is 0 Å². The van der Waals surface area contributed by atoms with E-state index < -0.39 is 12.0 Å². The number of amides is 2. The number of urea groups is 1. The molecule has 0 spiro atoms. The van der Waals surface area contributed by atoms with Gasteiger partial charge in [0.1, 0.15) is 6.61 Å². The van der Waals surface area contributed by atoms with E-state index in [0.29, 0.717) is 17.9 Å². The molecular weight excluding hydrogens is 308 g/mol. The molecule has 0 aliphatic carbocycles. The number of hydrogen-bond acceptors (Lipinski definition) is 4. The third kappa shape index (κ3) is 3.59. The standard InChI is InChI=1S/C18H22N2O4/c1-11-5-7-13(8-6-11)16-15(12(2)19-18(22)20-16)17(21)24-10-14-4-3-9-23-14/h5-8,14,16H,3-4,9-10H2,1-2H3,(H2,19,20,22)/t14-,16+/m0/s1. The number of rotatable bonds is 4. The second-order valence-electron chi connectivity index (χ2n) is 6.21. The van der Waals surface area contributed by atoms with Crippen LogP contribution in [0.4, 0.5) is 4.79 Å². The van der Waals surface area contributed by atoms with Crippen molar-refractivity contribution in [2.45, 2.75) is 38.8 Å². The Morgan fingerprint density at radius 1 is 1.29 bits per heavy atom. The second kappa shape index (κ2) is 7.05. The summed E-state index contributed by atoms with van der Waals surface area (Å²) < 4.78 is 10.9. The van der Waals surface area contributed by atoms with Gasteiger partial charge in [-0.25, -0.2) is 9.59 Å². The molecule has 2 amide bonds. The molecule has 0 aromatic heterocycles. The Kier molecular flexibility index (Phi) is 4.85. The second-order valence-corrected chi connectivity index (χ2v) is 6.21. The van der Waals surface area contributed by atoms with Crippen LogP contribution >= 0.6 is 0 Å². The fourth-order valence-corrected chi connectivity index (χ4v) is 3.00. The minimum Gasteiger partial charge on any atom is -0.459 e. The van der Waals surface area contributed by atoms with E-state index in [1.54, 1.807) is 6.92 Å². The van der Waals surface area contributed by atoms with Gasteiger partial charge >= 0.3 is 12.0 Å². The monoisotopic (exact) mass is 330 g/mol. The minimum absolute atomic E-state index is 0.0289. The topological polar surface area (TPSA) is 76.7 Å². The number of allylic oxidation sites excluding steroid dienone is 1. The highest BCUT2D eigenvalue weighted by Crippen LogP contribution is 2.28. The molecule has 1 aromatic carbocycles. The van der Waals surface area contributed by atoms with Crippen LogP contribution in [-0.4, -0.2) is 31.3 Å². The predicted molar refractivity (Wildman–Crippen MR) is 88.2 cm³/mol. The van der Waals surface area contributed by atoms with Crippen LogP contribution in [0.5, 0.6) is 0 Å². The molecule has 0 saturated carbocycles. The Labute approximate surface area is 141 Å². The van der Waals surface area contributed by atoms with Crippen LogP contribution in [0.3, 0.4) is 0 Å². The maximum Gasteiger partial charge on any atom is 0.338 e. The van der Waals surface area contributed by atoms with Gasteiger partial charge in [-0.2, -0.15) is 0 Å². The van der Waals surface area contributed by atoms with Crippen molar-refractivity contribution in [3.63, 3.8) is 0 Å². The number of carbonyl (C=O) groups excluding carboxylic acids is 2. The van der Waals surface area contributed by atoms with Crippen LogP contribution in [-0.2, 0) is 14.3 Å². The fraction of sp³-hybridized carbons (Fsp3) is 0.444. The van der Waals surface area contributed by atoms with Gasteiger partial charge in [0.05, 0.1) is 17.7 Å². The number of aryl methyl sites for hydroxylation is 1. The molecule has 0 unspecified atom stereocenters. The Morgan fingerprint density at radius 2 is 2.04 bits per heavy atom. The first-order valence-electron chi connectivity index (χ1n) is 8.18. The lowest BCUT2D eigenvalue weighted by molar-refractivity contribution is -0.142. The molecule has 2 heterocycles. The summed E-state index contributed by atoms with van der Waals surface area (Å²) in [6.45, 7) is 4.66. The lowest BCUT2D eigenvalue weighted by atomic mass is 9.95. The van der Waals surface area contributed by atoms with Gasteiger partial charge in [-0.1, -0.05) is 29.8 Å². The molecular formula is C18H22N2O4. The molecule has 6 nitrogen and oxygen atoms in total. The molecule has 2 aliphatic rings. The normalized spacial score (nSPS) is 23.7. The molecule has 0 bridgehead atoms. The summed E-state index contributed by atoms with van der Waals surface area (Å²) in [6.07, 6.45) is 1.87. The smallest absolute Gasteiger partial charge is 0.338 e. The third-order valence-electron chi connectivity index (χ3n) is 4.32. The van der Waals surface area contributed by atoms with Crippen LogP contribution in [0.2, 0.25) is 0 Å². The Morgan fingerprint density at radius 3 is 2.71 bits per heavy atom. The van der Waals surface area contributed by atoms with Crippen molar-refractivity contribution >= 4 is 12.0 Å². The van der Waals surface area contributed by atoms with Gasteiger partial charge in [-0.05, 0) is 32.3 Å². The van der Waals surface area contributed by atoms with Gasteiger partial charge in [-0.3, -0.25) is 0 Å². The van der Waals surface area contributed by atoms with Crippen LogP contribution in [0, 0.1) is 6.92 Å². The molecule has 2 aliphatic heterocycles. The van der Waals surface area contributed by atoms with E-state index in [9.17, 15) is 9.59 Å². The summed E-state index contributed by atoms with van der Waals surface area (Å²) >= 11 is 0. The van der Waals surface area contributed by atoms with Gasteiger partial charge < -0.3 is 20.1 Å². The zero-order chi connectivity index (χ0) is 17.1. The third-order valence-corrected chi connectivity index (χ3v) is 4.32. The van der Waals surface area contributed by atoms with E-state index in [1.807, 2.05) is 31.2 Å². The van der Waals surface area contributed by atoms with Gasteiger partial charge in [0.25, 0.3) is 0 Å². The minimum atomic E-state index is -0.517. The summed E-state index contributed by atoms with van der Waals surface area (Å²) in [7, 11) is 0. The summed E-state index contributed by atoms with van der Waals surface area (Å²) in [5.74, 6) is -0.430. The van der Waals surface area contributed by atoms with Gasteiger partial charge in [0.2, 0.25) is 0 Å². The molecule has 6 heteroatoms. The maximum atomic E-state index is 12.6.